The number of ether oxygens (including phenoxy) is 2. The molecule has 10 heteroatoms. The van der Waals surface area contributed by atoms with E-state index in [0.29, 0.717) is 21.8 Å². The van der Waals surface area contributed by atoms with Crippen molar-refractivity contribution < 1.29 is 19.1 Å². The molecule has 0 aliphatic heterocycles. The number of esters is 1. The zero-order valence-electron chi connectivity index (χ0n) is 16.0. The molecule has 1 fully saturated rings. The summed E-state index contributed by atoms with van der Waals surface area (Å²) in [6.45, 7) is 7.20. The Labute approximate surface area is 161 Å². The van der Waals surface area contributed by atoms with Gasteiger partial charge in [-0.15, -0.1) is 5.10 Å². The average molecular weight is 393 g/mol. The van der Waals surface area contributed by atoms with Gasteiger partial charge >= 0.3 is 12.1 Å². The number of amides is 1. The summed E-state index contributed by atoms with van der Waals surface area (Å²) in [5.74, 6) is 1.13. The van der Waals surface area contributed by atoms with E-state index in [4.69, 9.17) is 9.47 Å². The summed E-state index contributed by atoms with van der Waals surface area (Å²) in [6, 6.07) is -0.453. The van der Waals surface area contributed by atoms with E-state index < -0.39 is 23.7 Å². The quantitative estimate of drug-likeness (QED) is 0.778. The van der Waals surface area contributed by atoms with Gasteiger partial charge in [-0.3, -0.25) is 0 Å². The molecule has 0 bridgehead atoms. The van der Waals surface area contributed by atoms with E-state index in [0.717, 1.165) is 30.0 Å². The summed E-state index contributed by atoms with van der Waals surface area (Å²) in [5, 5.41) is 7.82. The molecule has 1 aliphatic carbocycles. The highest BCUT2D eigenvalue weighted by molar-refractivity contribution is 7.15. The molecule has 146 valence electrons. The lowest BCUT2D eigenvalue weighted by Crippen LogP contribution is -2.34. The third-order valence-electron chi connectivity index (χ3n) is 3.77. The first kappa shape index (κ1) is 19.3. The van der Waals surface area contributed by atoms with E-state index in [2.05, 4.69) is 20.4 Å². The van der Waals surface area contributed by atoms with Crippen molar-refractivity contribution in [3.8, 4) is 5.13 Å². The van der Waals surface area contributed by atoms with Crippen molar-refractivity contribution in [1.29, 1.82) is 0 Å². The van der Waals surface area contributed by atoms with Crippen molar-refractivity contribution in [3.05, 3.63) is 22.7 Å². The fourth-order valence-electron chi connectivity index (χ4n) is 2.38. The van der Waals surface area contributed by atoms with E-state index in [9.17, 15) is 9.59 Å². The summed E-state index contributed by atoms with van der Waals surface area (Å²) in [7, 11) is 1.32. The fourth-order valence-corrected chi connectivity index (χ4v) is 3.18. The summed E-state index contributed by atoms with van der Waals surface area (Å²) in [6.07, 6.45) is 3.00. The van der Waals surface area contributed by atoms with Crippen LogP contribution in [0, 0.1) is 0 Å². The third kappa shape index (κ3) is 4.62. The van der Waals surface area contributed by atoms with Crippen LogP contribution in [-0.4, -0.2) is 44.5 Å². The molecule has 2 heterocycles. The predicted octanol–water partition coefficient (Wildman–Crippen LogP) is 2.97. The lowest BCUT2D eigenvalue weighted by molar-refractivity contribution is 0.0504. The Balaban J connectivity index is 1.87. The first-order valence-electron chi connectivity index (χ1n) is 8.69. The number of alkyl carbamates (subject to hydrolysis) is 1. The van der Waals surface area contributed by atoms with Gasteiger partial charge in [0.05, 0.1) is 19.3 Å². The molecule has 27 heavy (non-hydrogen) atoms. The number of thiazole rings is 1. The molecule has 1 amide bonds. The van der Waals surface area contributed by atoms with Crippen LogP contribution in [0.2, 0.25) is 0 Å². The van der Waals surface area contributed by atoms with Crippen LogP contribution in [0.15, 0.2) is 6.20 Å². The van der Waals surface area contributed by atoms with E-state index in [-0.39, 0.29) is 0 Å². The van der Waals surface area contributed by atoms with Crippen molar-refractivity contribution in [2.75, 3.05) is 7.11 Å². The number of nitrogens with zero attached hydrogens (tertiary/aromatic N) is 4. The third-order valence-corrected chi connectivity index (χ3v) is 4.73. The van der Waals surface area contributed by atoms with Gasteiger partial charge in [0.15, 0.2) is 11.6 Å². The highest BCUT2D eigenvalue weighted by Gasteiger charge is 2.31. The number of aromatic nitrogens is 4. The van der Waals surface area contributed by atoms with E-state index in [1.165, 1.54) is 13.3 Å². The predicted molar refractivity (Wildman–Crippen MR) is 98.1 cm³/mol. The van der Waals surface area contributed by atoms with Gasteiger partial charge < -0.3 is 14.8 Å². The zero-order chi connectivity index (χ0) is 19.8. The Bertz CT molecular complexity index is 850. The SMILES string of the molecule is COC(=O)c1cnc(-n2nc(C3CC3)nc2[C@H](C)NC(=O)OC(C)(C)C)s1. The fraction of sp³-hybridized carbons (Fsp3) is 0.588. The Kier molecular flexibility index (Phi) is 5.18. The molecule has 0 aromatic carbocycles. The standard InChI is InChI=1S/C17H23N5O4S/c1-9(19-16(24)26-17(2,3)4)13-20-12(10-6-7-10)21-22(13)15-18-8-11(27-15)14(23)25-5/h8-10H,6-7H2,1-5H3,(H,19,24)/t9-/m0/s1. The second kappa shape index (κ2) is 7.26. The van der Waals surface area contributed by atoms with E-state index in [1.807, 2.05) is 0 Å². The van der Waals surface area contributed by atoms with Crippen LogP contribution in [0.25, 0.3) is 5.13 Å². The van der Waals surface area contributed by atoms with Gasteiger partial charge in [-0.1, -0.05) is 11.3 Å². The second-order valence-electron chi connectivity index (χ2n) is 7.38. The molecular weight excluding hydrogens is 370 g/mol. The largest absolute Gasteiger partial charge is 0.465 e. The summed E-state index contributed by atoms with van der Waals surface area (Å²) < 4.78 is 11.6. The van der Waals surface area contributed by atoms with Crippen LogP contribution >= 0.6 is 11.3 Å². The molecule has 0 unspecified atom stereocenters. The molecule has 2 aromatic rings. The topological polar surface area (TPSA) is 108 Å². The molecule has 0 radical (unpaired) electrons. The van der Waals surface area contributed by atoms with Crippen LogP contribution in [0.4, 0.5) is 4.79 Å². The van der Waals surface area contributed by atoms with Crippen LogP contribution in [0.1, 0.15) is 73.8 Å². The molecule has 9 nitrogen and oxygen atoms in total. The molecule has 1 N–H and O–H groups in total. The number of nitrogens with one attached hydrogen (secondary N) is 1. The minimum atomic E-state index is -0.596. The zero-order valence-corrected chi connectivity index (χ0v) is 16.8. The Morgan fingerprint density at radius 2 is 2.07 bits per heavy atom. The highest BCUT2D eigenvalue weighted by atomic mass is 32.1. The number of carbonyl (C=O) groups excluding carboxylic acids is 2. The number of methoxy groups -OCH3 is 1. The summed E-state index contributed by atoms with van der Waals surface area (Å²) >= 11 is 1.16. The lowest BCUT2D eigenvalue weighted by Gasteiger charge is -2.21. The van der Waals surface area contributed by atoms with Gasteiger partial charge in [0.25, 0.3) is 0 Å². The average Bonchev–Trinajstić information content (AvgIpc) is 3.14. The van der Waals surface area contributed by atoms with Gasteiger partial charge in [0, 0.05) is 5.92 Å². The maximum Gasteiger partial charge on any atom is 0.408 e. The van der Waals surface area contributed by atoms with Gasteiger partial charge in [-0.25, -0.2) is 19.6 Å². The maximum absolute atomic E-state index is 12.1. The van der Waals surface area contributed by atoms with Gasteiger partial charge in [0.1, 0.15) is 10.5 Å². The Morgan fingerprint density at radius 3 is 2.67 bits per heavy atom. The smallest absolute Gasteiger partial charge is 0.408 e. The Hall–Kier alpha value is -2.49. The van der Waals surface area contributed by atoms with Crippen LogP contribution < -0.4 is 5.32 Å². The van der Waals surface area contributed by atoms with Crippen LogP contribution in [0.3, 0.4) is 0 Å². The molecule has 2 aromatic heterocycles. The molecule has 1 aliphatic rings. The van der Waals surface area contributed by atoms with Crippen molar-refractivity contribution >= 4 is 23.4 Å². The minimum Gasteiger partial charge on any atom is -0.465 e. The lowest BCUT2D eigenvalue weighted by atomic mass is 10.2. The highest BCUT2D eigenvalue weighted by Crippen LogP contribution is 2.39. The molecule has 0 spiro atoms. The summed E-state index contributed by atoms with van der Waals surface area (Å²) in [5.41, 5.74) is -0.596. The van der Waals surface area contributed by atoms with Gasteiger partial charge in [-0.05, 0) is 40.5 Å². The van der Waals surface area contributed by atoms with Crippen molar-refractivity contribution in [2.24, 2.45) is 0 Å². The van der Waals surface area contributed by atoms with Crippen LogP contribution in [0.5, 0.6) is 0 Å². The monoisotopic (exact) mass is 393 g/mol. The molecule has 3 rings (SSSR count). The number of rotatable bonds is 5. The maximum atomic E-state index is 12.1. The van der Waals surface area contributed by atoms with Gasteiger partial charge in [0.2, 0.25) is 5.13 Å². The van der Waals surface area contributed by atoms with Crippen molar-refractivity contribution in [2.45, 2.75) is 58.1 Å². The van der Waals surface area contributed by atoms with E-state index >= 15 is 0 Å². The molecule has 0 saturated heterocycles. The number of hydrogen-bond acceptors (Lipinski definition) is 8. The second-order valence-corrected chi connectivity index (χ2v) is 8.39. The Morgan fingerprint density at radius 1 is 1.37 bits per heavy atom. The molecular formula is C17H23N5O4S. The summed E-state index contributed by atoms with van der Waals surface area (Å²) in [4.78, 5) is 33.1. The first-order valence-corrected chi connectivity index (χ1v) is 9.50. The van der Waals surface area contributed by atoms with Gasteiger partial charge in [-0.2, -0.15) is 4.68 Å². The number of carbonyl (C=O) groups is 2. The van der Waals surface area contributed by atoms with E-state index in [1.54, 1.807) is 32.4 Å². The molecule has 1 saturated carbocycles. The normalized spacial score (nSPS) is 15.3. The minimum absolute atomic E-state index is 0.332. The molecule has 1 atom stereocenters. The van der Waals surface area contributed by atoms with Crippen LogP contribution in [-0.2, 0) is 9.47 Å². The van der Waals surface area contributed by atoms with Crippen molar-refractivity contribution in [1.82, 2.24) is 25.1 Å². The first-order chi connectivity index (χ1) is 12.7. The number of hydrogen-bond donors (Lipinski definition) is 1. The van der Waals surface area contributed by atoms with Crippen molar-refractivity contribution in [3.63, 3.8) is 0 Å².